The Hall–Kier alpha value is -1.45. The van der Waals surface area contributed by atoms with Crippen LogP contribution >= 0.6 is 0 Å². The Morgan fingerprint density at radius 3 is 2.37 bits per heavy atom. The van der Waals surface area contributed by atoms with Gasteiger partial charge < -0.3 is 5.32 Å². The summed E-state index contributed by atoms with van der Waals surface area (Å²) in [7, 11) is -4.59. The first kappa shape index (κ1) is 21.8. The van der Waals surface area contributed by atoms with Crippen molar-refractivity contribution in [2.24, 2.45) is 0 Å². The van der Waals surface area contributed by atoms with E-state index >= 15 is 0 Å². The van der Waals surface area contributed by atoms with Gasteiger partial charge in [-0.05, 0) is 37.5 Å². The van der Waals surface area contributed by atoms with Crippen LogP contribution in [0.2, 0.25) is 0 Å². The molecule has 1 N–H and O–H groups in total. The van der Waals surface area contributed by atoms with E-state index in [1.807, 2.05) is 0 Å². The summed E-state index contributed by atoms with van der Waals surface area (Å²) in [5.74, 6) is -0.873. The number of carbonyl (C=O) groups is 1. The molecule has 9 heteroatoms. The van der Waals surface area contributed by atoms with E-state index in [0.717, 1.165) is 36.4 Å². The van der Waals surface area contributed by atoms with E-state index in [1.165, 1.54) is 39.2 Å². The summed E-state index contributed by atoms with van der Waals surface area (Å²) in [5, 5.41) is 1.65. The molecule has 27 heavy (non-hydrogen) atoms. The molecular formula is C18H28N2O5S2. The first-order valence-electron chi connectivity index (χ1n) is 9.07. The highest BCUT2D eigenvalue weighted by molar-refractivity contribution is 7.92. The molecule has 0 aromatic heterocycles. The Kier molecular flexibility index (Phi) is 7.04. The van der Waals surface area contributed by atoms with Crippen LogP contribution in [0.4, 0.5) is 0 Å². The molecule has 1 fully saturated rings. The average Bonchev–Trinajstić information content (AvgIpc) is 2.61. The summed E-state index contributed by atoms with van der Waals surface area (Å²) >= 11 is 0. The van der Waals surface area contributed by atoms with Crippen LogP contribution in [-0.4, -0.2) is 52.4 Å². The summed E-state index contributed by atoms with van der Waals surface area (Å²) < 4.78 is 50.8. The fourth-order valence-corrected chi connectivity index (χ4v) is 5.35. The van der Waals surface area contributed by atoms with Gasteiger partial charge >= 0.3 is 0 Å². The second-order valence-corrected chi connectivity index (χ2v) is 11.7. The minimum Gasteiger partial charge on any atom is -0.352 e. The lowest BCUT2D eigenvalue weighted by Gasteiger charge is -2.24. The Balaban J connectivity index is 2.12. The highest BCUT2D eigenvalue weighted by atomic mass is 32.2. The predicted octanol–water partition coefficient (Wildman–Crippen LogP) is 1.69. The molecular weight excluding hydrogens is 388 g/mol. The Morgan fingerprint density at radius 1 is 1.15 bits per heavy atom. The molecule has 0 bridgehead atoms. The largest absolute Gasteiger partial charge is 0.352 e. The molecule has 7 nitrogen and oxygen atoms in total. The normalized spacial score (nSPS) is 17.6. The summed E-state index contributed by atoms with van der Waals surface area (Å²) in [6.07, 6.45) is 4.98. The molecule has 0 radical (unpaired) electrons. The van der Waals surface area contributed by atoms with Crippen molar-refractivity contribution in [2.45, 2.75) is 61.0 Å². The fourth-order valence-electron chi connectivity index (χ4n) is 3.09. The third kappa shape index (κ3) is 5.52. The van der Waals surface area contributed by atoms with Gasteiger partial charge in [-0.25, -0.2) is 21.1 Å². The van der Waals surface area contributed by atoms with Crippen LogP contribution < -0.4 is 5.32 Å². The number of hydrogen-bond donors (Lipinski definition) is 1. The van der Waals surface area contributed by atoms with E-state index in [0.29, 0.717) is 5.56 Å². The van der Waals surface area contributed by atoms with E-state index in [1.54, 1.807) is 6.07 Å². The minimum atomic E-state index is -3.77. The van der Waals surface area contributed by atoms with Gasteiger partial charge in [-0.1, -0.05) is 31.4 Å². The zero-order valence-electron chi connectivity index (χ0n) is 16.0. The van der Waals surface area contributed by atoms with Crippen molar-refractivity contribution in [1.82, 2.24) is 9.62 Å². The van der Waals surface area contributed by atoms with E-state index in [4.69, 9.17) is 0 Å². The smallest absolute Gasteiger partial charge is 0.242 e. The van der Waals surface area contributed by atoms with Crippen LogP contribution in [0, 0.1) is 0 Å². The number of amides is 1. The minimum absolute atomic E-state index is 0.0273. The van der Waals surface area contributed by atoms with E-state index < -0.39 is 31.0 Å². The van der Waals surface area contributed by atoms with Crippen molar-refractivity contribution < 1.29 is 21.6 Å². The van der Waals surface area contributed by atoms with Gasteiger partial charge in [-0.3, -0.25) is 4.79 Å². The van der Waals surface area contributed by atoms with Crippen molar-refractivity contribution >= 4 is 25.8 Å². The summed E-state index contributed by atoms with van der Waals surface area (Å²) in [5.41, 5.74) is 0.343. The third-order valence-electron chi connectivity index (χ3n) is 4.90. The van der Waals surface area contributed by atoms with Crippen molar-refractivity contribution in [3.05, 3.63) is 29.8 Å². The molecule has 1 amide bonds. The van der Waals surface area contributed by atoms with Crippen LogP contribution in [0.25, 0.3) is 0 Å². The second-order valence-electron chi connectivity index (χ2n) is 7.23. The van der Waals surface area contributed by atoms with Crippen LogP contribution in [0.15, 0.2) is 29.2 Å². The molecule has 1 aliphatic carbocycles. The number of sulfone groups is 1. The lowest BCUT2D eigenvalue weighted by molar-refractivity contribution is -0.121. The molecule has 152 valence electrons. The number of sulfonamides is 1. The number of benzene rings is 1. The Morgan fingerprint density at radius 2 is 1.78 bits per heavy atom. The summed E-state index contributed by atoms with van der Waals surface area (Å²) in [4.78, 5) is 12.4. The first-order chi connectivity index (χ1) is 12.5. The highest BCUT2D eigenvalue weighted by Gasteiger charge is 2.30. The quantitative estimate of drug-likeness (QED) is 0.729. The van der Waals surface area contributed by atoms with Crippen molar-refractivity contribution in [3.8, 4) is 0 Å². The monoisotopic (exact) mass is 416 g/mol. The average molecular weight is 417 g/mol. The number of nitrogens with zero attached hydrogens (tertiary/aromatic N) is 1. The molecule has 1 saturated carbocycles. The maximum atomic E-state index is 12.7. The van der Waals surface area contributed by atoms with Gasteiger partial charge in [0.1, 0.15) is 5.25 Å². The molecule has 1 aromatic rings. The maximum absolute atomic E-state index is 12.7. The van der Waals surface area contributed by atoms with Crippen LogP contribution in [0.5, 0.6) is 0 Å². The summed E-state index contributed by atoms with van der Waals surface area (Å²) in [6.45, 7) is 1.38. The number of rotatable bonds is 7. The maximum Gasteiger partial charge on any atom is 0.242 e. The Bertz CT molecular complexity index is 873. The highest BCUT2D eigenvalue weighted by Crippen LogP contribution is 2.20. The molecule has 0 spiro atoms. The zero-order chi connectivity index (χ0) is 20.2. The van der Waals surface area contributed by atoms with Crippen molar-refractivity contribution in [2.75, 3.05) is 14.1 Å². The van der Waals surface area contributed by atoms with Gasteiger partial charge in [0, 0.05) is 20.1 Å². The van der Waals surface area contributed by atoms with Gasteiger partial charge in [0.2, 0.25) is 15.9 Å². The van der Waals surface area contributed by atoms with E-state index in [2.05, 4.69) is 5.32 Å². The molecule has 1 aliphatic rings. The molecule has 2 rings (SSSR count). The lowest BCUT2D eigenvalue weighted by Crippen LogP contribution is -2.44. The van der Waals surface area contributed by atoms with E-state index in [9.17, 15) is 21.6 Å². The fraction of sp³-hybridized carbons (Fsp3) is 0.611. The van der Waals surface area contributed by atoms with Gasteiger partial charge in [-0.2, -0.15) is 0 Å². The van der Waals surface area contributed by atoms with Gasteiger partial charge in [0.05, 0.1) is 10.6 Å². The molecule has 0 saturated heterocycles. The topological polar surface area (TPSA) is 101 Å². The molecule has 1 atom stereocenters. The Labute approximate surface area is 162 Å². The molecule has 0 heterocycles. The van der Waals surface area contributed by atoms with Crippen molar-refractivity contribution in [1.29, 1.82) is 0 Å². The third-order valence-corrected chi connectivity index (χ3v) is 8.74. The second kappa shape index (κ2) is 8.70. The number of nitrogens with one attached hydrogen (secondary N) is 1. The molecule has 1 aromatic carbocycles. The first-order valence-corrected chi connectivity index (χ1v) is 12.2. The van der Waals surface area contributed by atoms with Gasteiger partial charge in [-0.15, -0.1) is 0 Å². The zero-order valence-corrected chi connectivity index (χ0v) is 17.6. The molecule has 0 aliphatic heterocycles. The number of hydrogen-bond acceptors (Lipinski definition) is 5. The summed E-state index contributed by atoms with van der Waals surface area (Å²) in [6, 6.07) is 5.87. The standard InChI is InChI=1S/C18H28N2O5S2/c1-14(18(21)19-16-9-5-4-6-10-16)26(22,23)13-15-8-7-11-17(12-15)27(24,25)20(2)3/h7-8,11-12,14,16H,4-6,9-10,13H2,1-3H3,(H,19,21)/t14-/m1/s1. The number of carbonyl (C=O) groups excluding carboxylic acids is 1. The lowest BCUT2D eigenvalue weighted by atomic mass is 9.95. The van der Waals surface area contributed by atoms with Crippen LogP contribution in [-0.2, 0) is 30.4 Å². The van der Waals surface area contributed by atoms with Crippen LogP contribution in [0.3, 0.4) is 0 Å². The predicted molar refractivity (Wildman–Crippen MR) is 104 cm³/mol. The van der Waals surface area contributed by atoms with Gasteiger partial charge in [0.15, 0.2) is 9.84 Å². The van der Waals surface area contributed by atoms with Gasteiger partial charge in [0.25, 0.3) is 0 Å². The van der Waals surface area contributed by atoms with Crippen molar-refractivity contribution in [3.63, 3.8) is 0 Å². The molecule has 0 unspecified atom stereocenters. The van der Waals surface area contributed by atoms with E-state index in [-0.39, 0.29) is 16.7 Å². The SMILES string of the molecule is C[C@H](C(=O)NC1CCCCC1)S(=O)(=O)Cc1cccc(S(=O)(=O)N(C)C)c1. The van der Waals surface area contributed by atoms with Crippen LogP contribution in [0.1, 0.15) is 44.6 Å².